The number of ether oxygens (including phenoxy) is 1. The molecule has 1 aliphatic heterocycles. The minimum absolute atomic E-state index is 0.253. The molecule has 3 rings (SSSR count). The maximum Gasteiger partial charge on any atom is 0.204 e. The second kappa shape index (κ2) is 6.45. The van der Waals surface area contributed by atoms with Gasteiger partial charge >= 0.3 is 0 Å². The molecule has 0 aliphatic carbocycles. The fraction of sp³-hybridized carbons (Fsp3) is 0.562. The van der Waals surface area contributed by atoms with Crippen LogP contribution < -0.4 is 5.32 Å². The Morgan fingerprint density at radius 2 is 2.29 bits per heavy atom. The summed E-state index contributed by atoms with van der Waals surface area (Å²) in [5.41, 5.74) is 2.08. The number of hydrogen-bond acceptors (Lipinski definition) is 4. The average Bonchev–Trinajstić information content (AvgIpc) is 2.84. The molecule has 0 spiro atoms. The average molecular weight is 289 g/mol. The van der Waals surface area contributed by atoms with Crippen molar-refractivity contribution in [3.8, 4) is 0 Å². The highest BCUT2D eigenvalue weighted by Crippen LogP contribution is 2.23. The van der Waals surface area contributed by atoms with Crippen LogP contribution in [0.5, 0.6) is 0 Å². The van der Waals surface area contributed by atoms with Gasteiger partial charge in [0, 0.05) is 13.2 Å². The zero-order chi connectivity index (χ0) is 14.7. The lowest BCUT2D eigenvalue weighted by Crippen LogP contribution is -2.26. The first-order valence-electron chi connectivity index (χ1n) is 7.73. The highest BCUT2D eigenvalue weighted by atomic mass is 16.5. The monoisotopic (exact) mass is 289 g/mol. The molecule has 5 nitrogen and oxygen atoms in total. The fourth-order valence-corrected chi connectivity index (χ4v) is 2.79. The standard InChI is InChI=1S/C16H23N3O2/c1-12(20)10-17-16-18-14-7-2-3-8-15(14)19(16)11-13-6-4-5-9-21-13/h2-3,7-8,12-13,20H,4-6,9-11H2,1H3,(H,17,18)/t12-,13+/m0/s1. The number of nitrogens with zero attached hydrogens (tertiary/aromatic N) is 2. The number of benzene rings is 1. The van der Waals surface area contributed by atoms with Crippen LogP contribution in [0.1, 0.15) is 26.2 Å². The Morgan fingerprint density at radius 1 is 1.43 bits per heavy atom. The second-order valence-corrected chi connectivity index (χ2v) is 5.75. The number of nitrogens with one attached hydrogen (secondary N) is 1. The Kier molecular flexibility index (Phi) is 4.41. The first-order valence-corrected chi connectivity index (χ1v) is 7.73. The van der Waals surface area contributed by atoms with Gasteiger partial charge in [0.1, 0.15) is 0 Å². The van der Waals surface area contributed by atoms with E-state index in [9.17, 15) is 5.11 Å². The van der Waals surface area contributed by atoms with Crippen LogP contribution in [0, 0.1) is 0 Å². The molecule has 2 atom stereocenters. The molecule has 1 aromatic heterocycles. The van der Waals surface area contributed by atoms with Gasteiger partial charge in [0.25, 0.3) is 0 Å². The predicted octanol–water partition coefficient (Wildman–Crippen LogP) is 2.40. The van der Waals surface area contributed by atoms with Crippen molar-refractivity contribution in [1.29, 1.82) is 0 Å². The molecule has 0 unspecified atom stereocenters. The predicted molar refractivity (Wildman–Crippen MR) is 83.5 cm³/mol. The second-order valence-electron chi connectivity index (χ2n) is 5.75. The van der Waals surface area contributed by atoms with Gasteiger partial charge in [0.2, 0.25) is 5.95 Å². The maximum atomic E-state index is 9.48. The topological polar surface area (TPSA) is 59.3 Å². The van der Waals surface area contributed by atoms with E-state index >= 15 is 0 Å². The van der Waals surface area contributed by atoms with E-state index in [1.54, 1.807) is 6.92 Å². The fourth-order valence-electron chi connectivity index (χ4n) is 2.79. The van der Waals surface area contributed by atoms with Crippen LogP contribution >= 0.6 is 0 Å². The Bertz CT molecular complexity index is 588. The number of para-hydroxylation sites is 2. The summed E-state index contributed by atoms with van der Waals surface area (Å²) in [4.78, 5) is 4.64. The Labute approximate surface area is 124 Å². The quantitative estimate of drug-likeness (QED) is 0.887. The molecule has 1 aliphatic rings. The van der Waals surface area contributed by atoms with Crippen LogP contribution in [0.25, 0.3) is 11.0 Å². The lowest BCUT2D eigenvalue weighted by molar-refractivity contribution is 0.00690. The van der Waals surface area contributed by atoms with Crippen molar-refractivity contribution in [2.75, 3.05) is 18.5 Å². The van der Waals surface area contributed by atoms with Gasteiger partial charge in [0.05, 0.1) is 29.8 Å². The Morgan fingerprint density at radius 3 is 3.05 bits per heavy atom. The largest absolute Gasteiger partial charge is 0.392 e. The number of hydrogen-bond donors (Lipinski definition) is 2. The van der Waals surface area contributed by atoms with E-state index < -0.39 is 6.10 Å². The van der Waals surface area contributed by atoms with E-state index in [-0.39, 0.29) is 6.10 Å². The van der Waals surface area contributed by atoms with Crippen molar-refractivity contribution in [2.24, 2.45) is 0 Å². The van der Waals surface area contributed by atoms with E-state index in [1.165, 1.54) is 6.42 Å². The number of aliphatic hydroxyl groups is 1. The smallest absolute Gasteiger partial charge is 0.204 e. The number of aromatic nitrogens is 2. The minimum Gasteiger partial charge on any atom is -0.392 e. The third-order valence-corrected chi connectivity index (χ3v) is 3.87. The third-order valence-electron chi connectivity index (χ3n) is 3.87. The lowest BCUT2D eigenvalue weighted by atomic mass is 10.1. The molecule has 1 aromatic carbocycles. The van der Waals surface area contributed by atoms with Crippen molar-refractivity contribution in [1.82, 2.24) is 9.55 Å². The molecule has 1 saturated heterocycles. The van der Waals surface area contributed by atoms with Crippen molar-refractivity contribution >= 4 is 17.0 Å². The molecular formula is C16H23N3O2. The highest BCUT2D eigenvalue weighted by Gasteiger charge is 2.18. The first kappa shape index (κ1) is 14.4. The molecule has 0 amide bonds. The molecule has 0 bridgehead atoms. The summed E-state index contributed by atoms with van der Waals surface area (Å²) in [5.74, 6) is 0.811. The summed E-state index contributed by atoms with van der Waals surface area (Å²) in [5, 5.41) is 12.7. The van der Waals surface area contributed by atoms with Crippen LogP contribution in [0.2, 0.25) is 0 Å². The number of rotatable bonds is 5. The van der Waals surface area contributed by atoms with Gasteiger partial charge < -0.3 is 19.7 Å². The Hall–Kier alpha value is -1.59. The third kappa shape index (κ3) is 3.36. The normalized spacial score (nSPS) is 20.6. The highest BCUT2D eigenvalue weighted by molar-refractivity contribution is 5.78. The summed E-state index contributed by atoms with van der Waals surface area (Å²) in [7, 11) is 0. The van der Waals surface area contributed by atoms with Gasteiger partial charge in [-0.2, -0.15) is 0 Å². The maximum absolute atomic E-state index is 9.48. The first-order chi connectivity index (χ1) is 10.2. The molecule has 2 heterocycles. The van der Waals surface area contributed by atoms with Crippen molar-refractivity contribution < 1.29 is 9.84 Å². The summed E-state index contributed by atoms with van der Waals surface area (Å²) in [6, 6.07) is 8.12. The van der Waals surface area contributed by atoms with E-state index in [1.807, 2.05) is 18.2 Å². The molecule has 21 heavy (non-hydrogen) atoms. The summed E-state index contributed by atoms with van der Waals surface area (Å²) < 4.78 is 8.03. The number of imidazole rings is 1. The molecule has 2 N–H and O–H groups in total. The number of aliphatic hydroxyl groups excluding tert-OH is 1. The molecule has 5 heteroatoms. The minimum atomic E-state index is -0.399. The van der Waals surface area contributed by atoms with Crippen LogP contribution in [0.15, 0.2) is 24.3 Å². The summed E-state index contributed by atoms with van der Waals surface area (Å²) in [6.07, 6.45) is 3.34. The SMILES string of the molecule is C[C@H](O)CNc1nc2ccccc2n1C[C@H]1CCCCO1. The van der Waals surface area contributed by atoms with Crippen LogP contribution in [-0.4, -0.2) is 40.0 Å². The van der Waals surface area contributed by atoms with Crippen LogP contribution in [0.4, 0.5) is 5.95 Å². The van der Waals surface area contributed by atoms with E-state index in [4.69, 9.17) is 4.74 Å². The molecule has 114 valence electrons. The summed E-state index contributed by atoms with van der Waals surface area (Å²) >= 11 is 0. The summed E-state index contributed by atoms with van der Waals surface area (Å²) in [6.45, 7) is 3.93. The zero-order valence-electron chi connectivity index (χ0n) is 12.5. The van der Waals surface area contributed by atoms with E-state index in [2.05, 4.69) is 20.9 Å². The number of anilines is 1. The molecule has 0 radical (unpaired) electrons. The van der Waals surface area contributed by atoms with Gasteiger partial charge in [-0.05, 0) is 38.3 Å². The van der Waals surface area contributed by atoms with E-state index in [0.29, 0.717) is 6.54 Å². The number of fused-ring (bicyclic) bond motifs is 1. The molecule has 2 aromatic rings. The van der Waals surface area contributed by atoms with Crippen molar-refractivity contribution in [3.63, 3.8) is 0 Å². The van der Waals surface area contributed by atoms with Crippen molar-refractivity contribution in [2.45, 2.75) is 44.9 Å². The molecule has 0 saturated carbocycles. The van der Waals surface area contributed by atoms with Gasteiger partial charge in [-0.15, -0.1) is 0 Å². The van der Waals surface area contributed by atoms with Gasteiger partial charge in [-0.3, -0.25) is 0 Å². The van der Waals surface area contributed by atoms with Crippen LogP contribution in [-0.2, 0) is 11.3 Å². The Balaban J connectivity index is 1.87. The van der Waals surface area contributed by atoms with Crippen LogP contribution in [0.3, 0.4) is 0 Å². The van der Waals surface area contributed by atoms with Crippen molar-refractivity contribution in [3.05, 3.63) is 24.3 Å². The van der Waals surface area contributed by atoms with E-state index in [0.717, 1.165) is 43.0 Å². The molecular weight excluding hydrogens is 266 g/mol. The van der Waals surface area contributed by atoms with Gasteiger partial charge in [-0.25, -0.2) is 4.98 Å². The molecule has 1 fully saturated rings. The zero-order valence-corrected chi connectivity index (χ0v) is 12.5. The lowest BCUT2D eigenvalue weighted by Gasteiger charge is -2.24. The van der Waals surface area contributed by atoms with Gasteiger partial charge in [-0.1, -0.05) is 12.1 Å². The van der Waals surface area contributed by atoms with Gasteiger partial charge in [0.15, 0.2) is 0 Å².